The molecule has 0 aromatic rings. The second-order valence-electron chi connectivity index (χ2n) is 6.87. The van der Waals surface area contributed by atoms with Crippen molar-refractivity contribution in [1.82, 2.24) is 0 Å². The van der Waals surface area contributed by atoms with Crippen LogP contribution in [0.5, 0.6) is 0 Å². The van der Waals surface area contributed by atoms with E-state index in [0.717, 1.165) is 24.1 Å². The number of hydrogen-bond acceptors (Lipinski definition) is 1. The molecular formula is C19H41ClNO+. The molecule has 0 heterocycles. The van der Waals surface area contributed by atoms with E-state index >= 15 is 0 Å². The number of hydrogen-bond donors (Lipinski definition) is 1. The fourth-order valence-electron chi connectivity index (χ4n) is 3.32. The van der Waals surface area contributed by atoms with Crippen molar-refractivity contribution in [2.24, 2.45) is 0 Å². The molecule has 2 nitrogen and oxygen atoms in total. The van der Waals surface area contributed by atoms with E-state index in [1.807, 2.05) is 0 Å². The van der Waals surface area contributed by atoms with E-state index in [9.17, 15) is 5.11 Å². The number of aliphatic hydroxyl groups is 1. The van der Waals surface area contributed by atoms with E-state index in [0.29, 0.717) is 5.88 Å². The minimum Gasteiger partial charge on any atom is -0.386 e. The van der Waals surface area contributed by atoms with Crippen molar-refractivity contribution < 1.29 is 9.59 Å². The normalized spacial score (nSPS) is 13.5. The third kappa shape index (κ3) is 10.9. The Morgan fingerprint density at radius 1 is 0.773 bits per heavy atom. The maximum Gasteiger partial charge on any atom is 0.116 e. The van der Waals surface area contributed by atoms with Crippen LogP contribution >= 0.6 is 11.6 Å². The summed E-state index contributed by atoms with van der Waals surface area (Å²) in [6.45, 7) is 11.0. The second kappa shape index (κ2) is 14.8. The molecule has 0 bridgehead atoms. The summed E-state index contributed by atoms with van der Waals surface area (Å²) in [6, 6.07) is 0. The quantitative estimate of drug-likeness (QED) is 0.229. The molecule has 0 aromatic heterocycles. The highest BCUT2D eigenvalue weighted by molar-refractivity contribution is 6.18. The zero-order chi connectivity index (χ0) is 16.7. The van der Waals surface area contributed by atoms with Gasteiger partial charge in [0.25, 0.3) is 0 Å². The summed E-state index contributed by atoms with van der Waals surface area (Å²) in [5, 5.41) is 9.87. The topological polar surface area (TPSA) is 20.2 Å². The first-order chi connectivity index (χ1) is 10.6. The lowest BCUT2D eigenvalue weighted by Gasteiger charge is -2.38. The Bertz CT molecular complexity index is 231. The molecule has 0 fully saturated rings. The highest BCUT2D eigenvalue weighted by atomic mass is 35.5. The Morgan fingerprint density at radius 2 is 1.23 bits per heavy atom. The average Bonchev–Trinajstić information content (AvgIpc) is 2.55. The van der Waals surface area contributed by atoms with E-state index < -0.39 is 0 Å². The van der Waals surface area contributed by atoms with Gasteiger partial charge in [0, 0.05) is 0 Å². The fourth-order valence-corrected chi connectivity index (χ4v) is 3.42. The molecule has 3 heteroatoms. The van der Waals surface area contributed by atoms with Crippen molar-refractivity contribution in [3.05, 3.63) is 0 Å². The average molecular weight is 335 g/mol. The van der Waals surface area contributed by atoms with Gasteiger partial charge in [-0.05, 0) is 26.7 Å². The van der Waals surface area contributed by atoms with Gasteiger partial charge in [-0.2, -0.15) is 0 Å². The SMILES string of the molecule is CCCCCCCCCCCC[N+](CC)(CC)CC(O)CCl. The lowest BCUT2D eigenvalue weighted by Crippen LogP contribution is -2.52. The molecule has 0 saturated heterocycles. The highest BCUT2D eigenvalue weighted by Crippen LogP contribution is 2.14. The lowest BCUT2D eigenvalue weighted by atomic mass is 10.1. The van der Waals surface area contributed by atoms with Crippen LogP contribution in [0, 0.1) is 0 Å². The van der Waals surface area contributed by atoms with Gasteiger partial charge >= 0.3 is 0 Å². The molecule has 0 aliphatic rings. The van der Waals surface area contributed by atoms with Crippen molar-refractivity contribution >= 4 is 11.6 Å². The lowest BCUT2D eigenvalue weighted by molar-refractivity contribution is -0.927. The van der Waals surface area contributed by atoms with Crippen molar-refractivity contribution in [2.75, 3.05) is 32.1 Å². The van der Waals surface area contributed by atoms with E-state index in [1.165, 1.54) is 70.8 Å². The Labute approximate surface area is 144 Å². The largest absolute Gasteiger partial charge is 0.386 e. The number of likely N-dealkylation sites (N-methyl/N-ethyl adjacent to an activating group) is 1. The third-order valence-electron chi connectivity index (χ3n) is 5.10. The van der Waals surface area contributed by atoms with E-state index in [2.05, 4.69) is 20.8 Å². The van der Waals surface area contributed by atoms with Gasteiger partial charge in [-0.1, -0.05) is 58.3 Å². The number of rotatable bonds is 16. The molecule has 0 amide bonds. The van der Waals surface area contributed by atoms with Gasteiger partial charge < -0.3 is 9.59 Å². The standard InChI is InChI=1S/C19H41ClNO/c1-4-7-8-9-10-11-12-13-14-15-16-21(5-2,6-3)18-19(22)17-20/h19,22H,4-18H2,1-3H3/q+1. The third-order valence-corrected chi connectivity index (χ3v) is 5.46. The van der Waals surface area contributed by atoms with Crippen LogP contribution in [-0.4, -0.2) is 47.8 Å². The van der Waals surface area contributed by atoms with E-state index in [1.54, 1.807) is 0 Å². The molecule has 0 saturated carbocycles. The highest BCUT2D eigenvalue weighted by Gasteiger charge is 2.25. The van der Waals surface area contributed by atoms with Crippen molar-refractivity contribution in [3.8, 4) is 0 Å². The minimum atomic E-state index is -0.357. The summed E-state index contributed by atoms with van der Waals surface area (Å²) in [7, 11) is 0. The summed E-state index contributed by atoms with van der Waals surface area (Å²) in [6.07, 6.45) is 13.5. The zero-order valence-corrected chi connectivity index (χ0v) is 16.2. The van der Waals surface area contributed by atoms with Crippen LogP contribution in [0.2, 0.25) is 0 Å². The van der Waals surface area contributed by atoms with Gasteiger partial charge in [0.05, 0.1) is 25.5 Å². The van der Waals surface area contributed by atoms with Crippen molar-refractivity contribution in [3.63, 3.8) is 0 Å². The molecule has 1 atom stereocenters. The van der Waals surface area contributed by atoms with Gasteiger partial charge in [-0.25, -0.2) is 0 Å². The molecular weight excluding hydrogens is 294 g/mol. The van der Waals surface area contributed by atoms with Gasteiger partial charge in [-0.3, -0.25) is 0 Å². The van der Waals surface area contributed by atoms with E-state index in [4.69, 9.17) is 11.6 Å². The van der Waals surface area contributed by atoms with Gasteiger partial charge in [0.2, 0.25) is 0 Å². The van der Waals surface area contributed by atoms with Crippen LogP contribution in [0.3, 0.4) is 0 Å². The minimum absolute atomic E-state index is 0.357. The number of unbranched alkanes of at least 4 members (excludes halogenated alkanes) is 9. The summed E-state index contributed by atoms with van der Waals surface area (Å²) < 4.78 is 1.02. The molecule has 134 valence electrons. The summed E-state index contributed by atoms with van der Waals surface area (Å²) in [5.41, 5.74) is 0. The number of aliphatic hydroxyl groups excluding tert-OH is 1. The van der Waals surface area contributed by atoms with Crippen molar-refractivity contribution in [2.45, 2.75) is 91.1 Å². The monoisotopic (exact) mass is 334 g/mol. The fraction of sp³-hybridized carbons (Fsp3) is 1.00. The first-order valence-electron chi connectivity index (χ1n) is 9.73. The number of quaternary nitrogens is 1. The van der Waals surface area contributed by atoms with Crippen LogP contribution in [-0.2, 0) is 0 Å². The zero-order valence-electron chi connectivity index (χ0n) is 15.5. The van der Waals surface area contributed by atoms with Crippen molar-refractivity contribution in [1.29, 1.82) is 0 Å². The number of halogens is 1. The van der Waals surface area contributed by atoms with Gasteiger partial charge in [0.15, 0.2) is 0 Å². The Balaban J connectivity index is 3.68. The van der Waals surface area contributed by atoms with Crippen LogP contribution < -0.4 is 0 Å². The molecule has 1 unspecified atom stereocenters. The second-order valence-corrected chi connectivity index (χ2v) is 7.18. The number of nitrogens with zero attached hydrogens (tertiary/aromatic N) is 1. The summed E-state index contributed by atoms with van der Waals surface area (Å²) in [4.78, 5) is 0. The van der Waals surface area contributed by atoms with E-state index in [-0.39, 0.29) is 6.10 Å². The van der Waals surface area contributed by atoms with Crippen LogP contribution in [0.1, 0.15) is 85.0 Å². The maximum absolute atomic E-state index is 9.87. The Hall–Kier alpha value is 0.210. The van der Waals surface area contributed by atoms with Gasteiger partial charge in [0.1, 0.15) is 12.6 Å². The molecule has 0 radical (unpaired) electrons. The molecule has 0 spiro atoms. The smallest absolute Gasteiger partial charge is 0.116 e. The van der Waals surface area contributed by atoms with Gasteiger partial charge in [-0.15, -0.1) is 11.6 Å². The van der Waals surface area contributed by atoms with Crippen LogP contribution in [0.15, 0.2) is 0 Å². The predicted octanol–water partition coefficient (Wildman–Crippen LogP) is 5.36. The maximum atomic E-state index is 9.87. The summed E-state index contributed by atoms with van der Waals surface area (Å²) in [5.74, 6) is 0.359. The summed E-state index contributed by atoms with van der Waals surface area (Å²) >= 11 is 5.78. The number of alkyl halides is 1. The predicted molar refractivity (Wildman–Crippen MR) is 99.6 cm³/mol. The molecule has 0 aliphatic carbocycles. The molecule has 0 aliphatic heterocycles. The molecule has 0 rings (SSSR count). The van der Waals surface area contributed by atoms with Crippen LogP contribution in [0.4, 0.5) is 0 Å². The molecule has 0 aromatic carbocycles. The first-order valence-corrected chi connectivity index (χ1v) is 10.3. The first kappa shape index (κ1) is 22.2. The molecule has 22 heavy (non-hydrogen) atoms. The Kier molecular flexibility index (Phi) is 14.9. The Morgan fingerprint density at radius 3 is 1.64 bits per heavy atom. The molecule has 1 N–H and O–H groups in total. The van der Waals surface area contributed by atoms with Crippen LogP contribution in [0.25, 0.3) is 0 Å².